The highest BCUT2D eigenvalue weighted by Crippen LogP contribution is 2.21. The number of rotatable bonds is 8. The molecule has 2 N–H and O–H groups in total. The molecule has 3 rings (SSSR count). The Morgan fingerprint density at radius 2 is 1.62 bits per heavy atom. The summed E-state index contributed by atoms with van der Waals surface area (Å²) in [7, 11) is 0. The summed E-state index contributed by atoms with van der Waals surface area (Å²) in [5, 5.41) is 6.32. The normalized spacial score (nSPS) is 14.1. The summed E-state index contributed by atoms with van der Waals surface area (Å²) < 4.78 is 0. The number of nitrogens with zero attached hydrogens (tertiary/aromatic N) is 1. The number of amides is 1. The quantitative estimate of drug-likeness (QED) is 0.759. The van der Waals surface area contributed by atoms with Gasteiger partial charge in [-0.05, 0) is 55.5 Å². The van der Waals surface area contributed by atoms with Gasteiger partial charge in [-0.3, -0.25) is 4.79 Å². The van der Waals surface area contributed by atoms with Crippen molar-refractivity contribution in [1.82, 2.24) is 5.32 Å². The van der Waals surface area contributed by atoms with Gasteiger partial charge in [0.1, 0.15) is 0 Å². The minimum absolute atomic E-state index is 0.0957. The average Bonchev–Trinajstić information content (AvgIpc) is 2.70. The zero-order valence-corrected chi connectivity index (χ0v) is 15.4. The van der Waals surface area contributed by atoms with Crippen molar-refractivity contribution >= 4 is 17.3 Å². The van der Waals surface area contributed by atoms with E-state index in [0.29, 0.717) is 19.5 Å². The number of benzene rings is 2. The molecule has 0 spiro atoms. The lowest BCUT2D eigenvalue weighted by molar-refractivity contribution is -0.120. The molecule has 0 saturated carbocycles. The van der Waals surface area contributed by atoms with E-state index in [9.17, 15) is 4.79 Å². The Morgan fingerprint density at radius 3 is 2.35 bits per heavy atom. The molecule has 2 aromatic rings. The van der Waals surface area contributed by atoms with Gasteiger partial charge in [-0.15, -0.1) is 0 Å². The molecule has 4 nitrogen and oxygen atoms in total. The molecule has 1 amide bonds. The molecule has 0 bridgehead atoms. The molecular weight excluding hydrogens is 322 g/mol. The molecule has 2 aromatic carbocycles. The van der Waals surface area contributed by atoms with Gasteiger partial charge in [0.05, 0.1) is 0 Å². The summed E-state index contributed by atoms with van der Waals surface area (Å²) in [6.45, 7) is 3.67. The third-order valence-corrected chi connectivity index (χ3v) is 4.85. The van der Waals surface area contributed by atoms with Crippen LogP contribution in [-0.2, 0) is 11.2 Å². The fourth-order valence-electron chi connectivity index (χ4n) is 3.34. The van der Waals surface area contributed by atoms with Crippen LogP contribution in [0.3, 0.4) is 0 Å². The average molecular weight is 351 g/mol. The molecule has 1 aliphatic rings. The van der Waals surface area contributed by atoms with Gasteiger partial charge in [0.2, 0.25) is 5.91 Å². The van der Waals surface area contributed by atoms with Crippen molar-refractivity contribution in [2.75, 3.05) is 36.4 Å². The Balaban J connectivity index is 1.33. The highest BCUT2D eigenvalue weighted by atomic mass is 16.1. The summed E-state index contributed by atoms with van der Waals surface area (Å²) in [5.41, 5.74) is 3.62. The Kier molecular flexibility index (Phi) is 6.94. The maximum atomic E-state index is 11.9. The molecule has 0 unspecified atom stereocenters. The van der Waals surface area contributed by atoms with Gasteiger partial charge in [-0.1, -0.05) is 30.3 Å². The molecule has 0 aromatic heterocycles. The Hall–Kier alpha value is -2.49. The van der Waals surface area contributed by atoms with Gasteiger partial charge in [0.15, 0.2) is 0 Å². The topological polar surface area (TPSA) is 44.4 Å². The van der Waals surface area contributed by atoms with E-state index in [0.717, 1.165) is 25.2 Å². The lowest BCUT2D eigenvalue weighted by atomic mass is 10.1. The lowest BCUT2D eigenvalue weighted by Gasteiger charge is -2.28. The SMILES string of the molecule is O=C(CCNc1ccc(N2CCCCC2)cc1)NCCc1ccccc1. The van der Waals surface area contributed by atoms with Crippen LogP contribution < -0.4 is 15.5 Å². The van der Waals surface area contributed by atoms with E-state index in [2.05, 4.69) is 51.9 Å². The van der Waals surface area contributed by atoms with Crippen LogP contribution in [-0.4, -0.2) is 32.1 Å². The number of nitrogens with one attached hydrogen (secondary N) is 2. The third kappa shape index (κ3) is 5.80. The minimum atomic E-state index is 0.0957. The number of carbonyl (C=O) groups excluding carboxylic acids is 1. The fraction of sp³-hybridized carbons (Fsp3) is 0.409. The van der Waals surface area contributed by atoms with E-state index in [1.54, 1.807) is 0 Å². The first-order chi connectivity index (χ1) is 12.8. The molecule has 0 aliphatic carbocycles. The number of piperidine rings is 1. The smallest absolute Gasteiger partial charge is 0.221 e. The van der Waals surface area contributed by atoms with Crippen LogP contribution in [0.5, 0.6) is 0 Å². The molecule has 1 fully saturated rings. The van der Waals surface area contributed by atoms with Crippen LogP contribution in [0, 0.1) is 0 Å². The van der Waals surface area contributed by atoms with E-state index >= 15 is 0 Å². The second-order valence-corrected chi connectivity index (χ2v) is 6.86. The van der Waals surface area contributed by atoms with Crippen LogP contribution in [0.25, 0.3) is 0 Å². The third-order valence-electron chi connectivity index (χ3n) is 4.85. The van der Waals surface area contributed by atoms with Gasteiger partial charge in [-0.2, -0.15) is 0 Å². The van der Waals surface area contributed by atoms with Crippen molar-refractivity contribution in [3.05, 3.63) is 60.2 Å². The second-order valence-electron chi connectivity index (χ2n) is 6.86. The lowest BCUT2D eigenvalue weighted by Crippen LogP contribution is -2.29. The van der Waals surface area contributed by atoms with E-state index in [1.165, 1.54) is 30.5 Å². The highest BCUT2D eigenvalue weighted by Gasteiger charge is 2.10. The van der Waals surface area contributed by atoms with Crippen molar-refractivity contribution in [2.24, 2.45) is 0 Å². The molecule has 26 heavy (non-hydrogen) atoms. The summed E-state index contributed by atoms with van der Waals surface area (Å²) in [6.07, 6.45) is 5.29. The van der Waals surface area contributed by atoms with Crippen molar-refractivity contribution in [2.45, 2.75) is 32.1 Å². The molecular formula is C22H29N3O. The van der Waals surface area contributed by atoms with Crippen molar-refractivity contribution in [3.8, 4) is 0 Å². The van der Waals surface area contributed by atoms with Crippen molar-refractivity contribution in [3.63, 3.8) is 0 Å². The van der Waals surface area contributed by atoms with Crippen LogP contribution >= 0.6 is 0 Å². The Bertz CT molecular complexity index is 664. The largest absolute Gasteiger partial charge is 0.385 e. The first kappa shape index (κ1) is 18.3. The monoisotopic (exact) mass is 351 g/mol. The van der Waals surface area contributed by atoms with Crippen molar-refractivity contribution < 1.29 is 4.79 Å². The van der Waals surface area contributed by atoms with Crippen LogP contribution in [0.2, 0.25) is 0 Å². The predicted octanol–water partition coefficient (Wildman–Crippen LogP) is 3.84. The van der Waals surface area contributed by atoms with Gasteiger partial charge >= 0.3 is 0 Å². The molecule has 0 atom stereocenters. The van der Waals surface area contributed by atoms with E-state index < -0.39 is 0 Å². The number of hydrogen-bond acceptors (Lipinski definition) is 3. The van der Waals surface area contributed by atoms with E-state index in [1.807, 2.05) is 18.2 Å². The summed E-state index contributed by atoms with van der Waals surface area (Å²) in [4.78, 5) is 14.4. The van der Waals surface area contributed by atoms with Crippen LogP contribution in [0.4, 0.5) is 11.4 Å². The van der Waals surface area contributed by atoms with E-state index in [-0.39, 0.29) is 5.91 Å². The van der Waals surface area contributed by atoms with Gasteiger partial charge in [0.25, 0.3) is 0 Å². The fourth-order valence-corrected chi connectivity index (χ4v) is 3.34. The molecule has 138 valence electrons. The van der Waals surface area contributed by atoms with Gasteiger partial charge < -0.3 is 15.5 Å². The van der Waals surface area contributed by atoms with Crippen molar-refractivity contribution in [1.29, 1.82) is 0 Å². The standard InChI is InChI=1S/C22H29N3O/c26-22(24-15-13-19-7-3-1-4-8-19)14-16-23-20-9-11-21(12-10-20)25-17-5-2-6-18-25/h1,3-4,7-12,23H,2,5-6,13-18H2,(H,24,26). The predicted molar refractivity (Wildman–Crippen MR) is 109 cm³/mol. The zero-order chi connectivity index (χ0) is 18.0. The first-order valence-corrected chi connectivity index (χ1v) is 9.71. The minimum Gasteiger partial charge on any atom is -0.385 e. The first-order valence-electron chi connectivity index (χ1n) is 9.71. The Labute approximate surface area is 156 Å². The van der Waals surface area contributed by atoms with Crippen LogP contribution in [0.1, 0.15) is 31.2 Å². The van der Waals surface area contributed by atoms with Gasteiger partial charge in [0, 0.05) is 44.0 Å². The maximum Gasteiger partial charge on any atom is 0.221 e. The summed E-state index contributed by atoms with van der Waals surface area (Å²) >= 11 is 0. The molecule has 1 aliphatic heterocycles. The number of hydrogen-bond donors (Lipinski definition) is 2. The second kappa shape index (κ2) is 9.85. The molecule has 4 heteroatoms. The number of carbonyl (C=O) groups is 1. The summed E-state index contributed by atoms with van der Waals surface area (Å²) in [6, 6.07) is 18.8. The van der Waals surface area contributed by atoms with Gasteiger partial charge in [-0.25, -0.2) is 0 Å². The summed E-state index contributed by atoms with van der Waals surface area (Å²) in [5.74, 6) is 0.0957. The molecule has 1 saturated heterocycles. The molecule has 1 heterocycles. The van der Waals surface area contributed by atoms with E-state index in [4.69, 9.17) is 0 Å². The molecule has 0 radical (unpaired) electrons. The van der Waals surface area contributed by atoms with Crippen LogP contribution in [0.15, 0.2) is 54.6 Å². The highest BCUT2D eigenvalue weighted by molar-refractivity contribution is 5.76. The zero-order valence-electron chi connectivity index (χ0n) is 15.4. The maximum absolute atomic E-state index is 11.9. The number of anilines is 2. The Morgan fingerprint density at radius 1 is 0.885 bits per heavy atom.